The van der Waals surface area contributed by atoms with E-state index >= 15 is 0 Å². The lowest BCUT2D eigenvalue weighted by atomic mass is 9.58. The van der Waals surface area contributed by atoms with Gasteiger partial charge in [-0.05, 0) is 50.4 Å². The molecular formula is C18H28ClNO. The summed E-state index contributed by atoms with van der Waals surface area (Å²) in [5, 5.41) is 4.40. The Morgan fingerprint density at radius 3 is 2.62 bits per heavy atom. The number of nitrogens with one attached hydrogen (secondary N) is 1. The largest absolute Gasteiger partial charge is 0.488 e. The average Bonchev–Trinajstić information content (AvgIpc) is 2.47. The Hall–Kier alpha value is -0.730. The zero-order chi connectivity index (χ0) is 15.5. The van der Waals surface area contributed by atoms with Crippen LogP contribution in [-0.2, 0) is 0 Å². The molecule has 0 aromatic heterocycles. The molecule has 118 valence electrons. The third-order valence-electron chi connectivity index (χ3n) is 5.10. The van der Waals surface area contributed by atoms with E-state index in [0.29, 0.717) is 11.1 Å². The summed E-state index contributed by atoms with van der Waals surface area (Å²) >= 11 is 6.28. The maximum Gasteiger partial charge on any atom is 0.138 e. The first-order valence-corrected chi connectivity index (χ1v) is 8.61. The predicted octanol–water partition coefficient (Wildman–Crippen LogP) is 4.97. The Morgan fingerprint density at radius 2 is 2.00 bits per heavy atom. The molecule has 2 rings (SSSR count). The molecule has 2 unspecified atom stereocenters. The van der Waals surface area contributed by atoms with Crippen molar-refractivity contribution in [2.75, 3.05) is 6.54 Å². The summed E-state index contributed by atoms with van der Waals surface area (Å²) in [5.74, 6) is 0.835. The van der Waals surface area contributed by atoms with Gasteiger partial charge in [0.2, 0.25) is 0 Å². The van der Waals surface area contributed by atoms with Gasteiger partial charge in [-0.3, -0.25) is 0 Å². The van der Waals surface area contributed by atoms with Crippen LogP contribution in [0.15, 0.2) is 18.2 Å². The highest BCUT2D eigenvalue weighted by molar-refractivity contribution is 6.32. The van der Waals surface area contributed by atoms with Gasteiger partial charge in [0.05, 0.1) is 5.02 Å². The second kappa shape index (κ2) is 7.02. The van der Waals surface area contributed by atoms with Crippen molar-refractivity contribution in [2.45, 2.75) is 65.5 Å². The highest BCUT2D eigenvalue weighted by Crippen LogP contribution is 2.49. The van der Waals surface area contributed by atoms with Gasteiger partial charge in [-0.1, -0.05) is 38.4 Å². The lowest BCUT2D eigenvalue weighted by Crippen LogP contribution is -2.64. The molecule has 1 aliphatic rings. The minimum Gasteiger partial charge on any atom is -0.488 e. The molecule has 0 spiro atoms. The van der Waals surface area contributed by atoms with Gasteiger partial charge in [0.1, 0.15) is 11.9 Å². The topological polar surface area (TPSA) is 21.3 Å². The van der Waals surface area contributed by atoms with E-state index in [-0.39, 0.29) is 11.5 Å². The molecule has 1 aromatic rings. The molecule has 0 heterocycles. The molecule has 0 radical (unpaired) electrons. The summed E-state index contributed by atoms with van der Waals surface area (Å²) in [7, 11) is 0. The van der Waals surface area contributed by atoms with E-state index in [1.807, 2.05) is 18.2 Å². The first-order chi connectivity index (χ1) is 10.1. The van der Waals surface area contributed by atoms with Crippen LogP contribution in [0.5, 0.6) is 5.75 Å². The second-order valence-electron chi connectivity index (χ2n) is 6.22. The summed E-state index contributed by atoms with van der Waals surface area (Å²) in [4.78, 5) is 0. The SMILES string of the molecule is CCCNC1CC(Oc2cc(C)ccc2Cl)C1(CC)CC. The maximum absolute atomic E-state index is 6.30. The van der Waals surface area contributed by atoms with E-state index in [0.717, 1.165) is 31.6 Å². The fraction of sp³-hybridized carbons (Fsp3) is 0.667. The summed E-state index contributed by atoms with van der Waals surface area (Å²) < 4.78 is 6.30. The molecule has 1 aromatic carbocycles. The van der Waals surface area contributed by atoms with Crippen LogP contribution in [0.2, 0.25) is 5.02 Å². The number of aryl methyl sites for hydroxylation is 1. The van der Waals surface area contributed by atoms with Crippen molar-refractivity contribution in [1.82, 2.24) is 5.32 Å². The van der Waals surface area contributed by atoms with E-state index < -0.39 is 0 Å². The van der Waals surface area contributed by atoms with Crippen LogP contribution in [0.3, 0.4) is 0 Å². The van der Waals surface area contributed by atoms with Gasteiger partial charge in [-0.15, -0.1) is 0 Å². The predicted molar refractivity (Wildman–Crippen MR) is 90.3 cm³/mol. The van der Waals surface area contributed by atoms with Crippen LogP contribution in [0.25, 0.3) is 0 Å². The quantitative estimate of drug-likeness (QED) is 0.767. The molecule has 1 saturated carbocycles. The van der Waals surface area contributed by atoms with Crippen LogP contribution in [0.4, 0.5) is 0 Å². The normalized spacial score (nSPS) is 23.7. The molecule has 1 fully saturated rings. The first kappa shape index (κ1) is 16.6. The third kappa shape index (κ3) is 3.22. The van der Waals surface area contributed by atoms with Crippen LogP contribution < -0.4 is 10.1 Å². The van der Waals surface area contributed by atoms with Gasteiger partial charge in [-0.25, -0.2) is 0 Å². The summed E-state index contributed by atoms with van der Waals surface area (Å²) in [5.41, 5.74) is 1.43. The smallest absolute Gasteiger partial charge is 0.138 e. The molecule has 1 aliphatic carbocycles. The van der Waals surface area contributed by atoms with Crippen molar-refractivity contribution >= 4 is 11.6 Å². The van der Waals surface area contributed by atoms with E-state index in [2.05, 4.69) is 33.0 Å². The highest BCUT2D eigenvalue weighted by atomic mass is 35.5. The number of hydrogen-bond donors (Lipinski definition) is 1. The third-order valence-corrected chi connectivity index (χ3v) is 5.41. The van der Waals surface area contributed by atoms with Crippen molar-refractivity contribution < 1.29 is 4.74 Å². The van der Waals surface area contributed by atoms with Gasteiger partial charge in [-0.2, -0.15) is 0 Å². The van der Waals surface area contributed by atoms with Crippen molar-refractivity contribution in [3.8, 4) is 5.75 Å². The Morgan fingerprint density at radius 1 is 1.29 bits per heavy atom. The molecule has 2 atom stereocenters. The Balaban J connectivity index is 2.11. The molecule has 0 amide bonds. The van der Waals surface area contributed by atoms with E-state index in [4.69, 9.17) is 16.3 Å². The molecular weight excluding hydrogens is 282 g/mol. The van der Waals surface area contributed by atoms with E-state index in [1.165, 1.54) is 12.0 Å². The molecule has 2 nitrogen and oxygen atoms in total. The lowest BCUT2D eigenvalue weighted by molar-refractivity contribution is -0.0858. The monoisotopic (exact) mass is 309 g/mol. The summed E-state index contributed by atoms with van der Waals surface area (Å²) in [6.07, 6.45) is 4.79. The van der Waals surface area contributed by atoms with Crippen LogP contribution in [-0.4, -0.2) is 18.7 Å². The summed E-state index contributed by atoms with van der Waals surface area (Å²) in [6, 6.07) is 6.57. The Kier molecular flexibility index (Phi) is 5.56. The first-order valence-electron chi connectivity index (χ1n) is 8.23. The zero-order valence-electron chi connectivity index (χ0n) is 13.7. The Labute approximate surface area is 134 Å². The molecule has 0 bridgehead atoms. The van der Waals surface area contributed by atoms with E-state index in [1.54, 1.807) is 0 Å². The highest BCUT2D eigenvalue weighted by Gasteiger charge is 2.54. The minimum absolute atomic E-state index is 0.238. The zero-order valence-corrected chi connectivity index (χ0v) is 14.5. The standard InChI is InChI=1S/C18H28ClNO/c1-5-10-20-16-12-17(18(16,6-2)7-3)21-15-11-13(4)8-9-14(15)19/h8-9,11,16-17,20H,5-7,10,12H2,1-4H3. The van der Waals surface area contributed by atoms with Crippen molar-refractivity contribution in [2.24, 2.45) is 5.41 Å². The average molecular weight is 310 g/mol. The lowest BCUT2D eigenvalue weighted by Gasteiger charge is -2.55. The summed E-state index contributed by atoms with van der Waals surface area (Å²) in [6.45, 7) is 9.92. The molecule has 0 aliphatic heterocycles. The van der Waals surface area contributed by atoms with Gasteiger partial charge in [0.25, 0.3) is 0 Å². The number of benzene rings is 1. The van der Waals surface area contributed by atoms with Crippen molar-refractivity contribution in [3.05, 3.63) is 28.8 Å². The number of ether oxygens (including phenoxy) is 1. The molecule has 3 heteroatoms. The number of rotatable bonds is 7. The second-order valence-corrected chi connectivity index (χ2v) is 6.63. The van der Waals surface area contributed by atoms with Crippen LogP contribution >= 0.6 is 11.6 Å². The van der Waals surface area contributed by atoms with Crippen LogP contribution in [0.1, 0.15) is 52.0 Å². The maximum atomic E-state index is 6.30. The van der Waals surface area contributed by atoms with Crippen molar-refractivity contribution in [1.29, 1.82) is 0 Å². The van der Waals surface area contributed by atoms with Crippen molar-refractivity contribution in [3.63, 3.8) is 0 Å². The van der Waals surface area contributed by atoms with Gasteiger partial charge in [0.15, 0.2) is 0 Å². The molecule has 0 saturated heterocycles. The number of hydrogen-bond acceptors (Lipinski definition) is 2. The van der Waals surface area contributed by atoms with Gasteiger partial charge >= 0.3 is 0 Å². The van der Waals surface area contributed by atoms with E-state index in [9.17, 15) is 0 Å². The fourth-order valence-electron chi connectivity index (χ4n) is 3.57. The van der Waals surface area contributed by atoms with Gasteiger partial charge in [0, 0.05) is 17.9 Å². The van der Waals surface area contributed by atoms with Gasteiger partial charge < -0.3 is 10.1 Å². The molecule has 21 heavy (non-hydrogen) atoms. The van der Waals surface area contributed by atoms with Crippen LogP contribution in [0, 0.1) is 12.3 Å². The minimum atomic E-state index is 0.238. The molecule has 1 N–H and O–H groups in total. The fourth-order valence-corrected chi connectivity index (χ4v) is 3.73. The number of halogens is 1. The Bertz CT molecular complexity index is 470.